The molecule has 0 radical (unpaired) electrons. The summed E-state index contributed by atoms with van der Waals surface area (Å²) >= 11 is 11.9. The Morgan fingerprint density at radius 1 is 1.20 bits per heavy atom. The first-order chi connectivity index (χ1) is 13.9. The second kappa shape index (κ2) is 7.86. The van der Waals surface area contributed by atoms with E-state index in [9.17, 15) is 23.1 Å². The molecule has 7 nitrogen and oxygen atoms in total. The van der Waals surface area contributed by atoms with Gasteiger partial charge in [-0.3, -0.25) is 0 Å². The standard InChI is InChI=1S/C18H12Cl2F3N3O4/c1-8(17(29,18(21,22)23)10-4-5-24-13(20)7-10)11-3-2-9(6-12(11)19)15-25-14(16(27)28)26-30-15/h2-8,29H,1H3,(H,27,28)/t8-,17-/m1/s1. The molecule has 158 valence electrons. The number of carbonyl (C=O) groups is 1. The van der Waals surface area contributed by atoms with Gasteiger partial charge in [0.15, 0.2) is 5.60 Å². The lowest BCUT2D eigenvalue weighted by molar-refractivity contribution is -0.274. The number of rotatable bonds is 5. The third-order valence-electron chi connectivity index (χ3n) is 4.56. The summed E-state index contributed by atoms with van der Waals surface area (Å²) in [5, 5.41) is 22.5. The van der Waals surface area contributed by atoms with E-state index in [1.54, 1.807) is 0 Å². The van der Waals surface area contributed by atoms with E-state index in [2.05, 4.69) is 15.1 Å². The van der Waals surface area contributed by atoms with Gasteiger partial charge >= 0.3 is 12.1 Å². The second-order valence-electron chi connectivity index (χ2n) is 6.32. The monoisotopic (exact) mass is 461 g/mol. The van der Waals surface area contributed by atoms with E-state index in [-0.39, 0.29) is 27.2 Å². The largest absolute Gasteiger partial charge is 0.475 e. The van der Waals surface area contributed by atoms with Crippen LogP contribution in [0.3, 0.4) is 0 Å². The van der Waals surface area contributed by atoms with Gasteiger partial charge in [0.05, 0.1) is 0 Å². The maximum absolute atomic E-state index is 14.0. The van der Waals surface area contributed by atoms with Gasteiger partial charge in [-0.2, -0.15) is 18.2 Å². The van der Waals surface area contributed by atoms with Crippen LogP contribution < -0.4 is 0 Å². The van der Waals surface area contributed by atoms with E-state index in [0.717, 1.165) is 25.3 Å². The highest BCUT2D eigenvalue weighted by atomic mass is 35.5. The minimum absolute atomic E-state index is 0.0221. The van der Waals surface area contributed by atoms with Gasteiger partial charge in [0.1, 0.15) is 5.15 Å². The SMILES string of the molecule is C[C@H](c1ccc(-c2nc(C(=O)O)no2)cc1Cl)[C@@](O)(c1ccnc(Cl)c1)C(F)(F)F. The topological polar surface area (TPSA) is 109 Å². The van der Waals surface area contributed by atoms with Gasteiger partial charge in [0, 0.05) is 22.7 Å². The summed E-state index contributed by atoms with van der Waals surface area (Å²) in [6, 6.07) is 5.77. The van der Waals surface area contributed by atoms with E-state index < -0.39 is 35.1 Å². The van der Waals surface area contributed by atoms with Crippen LogP contribution in [0, 0.1) is 0 Å². The van der Waals surface area contributed by atoms with Crippen molar-refractivity contribution in [2.75, 3.05) is 0 Å². The molecule has 0 fully saturated rings. The van der Waals surface area contributed by atoms with Gasteiger partial charge in [-0.15, -0.1) is 0 Å². The normalized spacial score (nSPS) is 14.9. The Morgan fingerprint density at radius 2 is 1.90 bits per heavy atom. The van der Waals surface area contributed by atoms with Crippen LogP contribution in [-0.2, 0) is 5.60 Å². The minimum Gasteiger partial charge on any atom is -0.475 e. The number of pyridine rings is 1. The molecule has 0 aliphatic rings. The van der Waals surface area contributed by atoms with Crippen LogP contribution >= 0.6 is 23.2 Å². The lowest BCUT2D eigenvalue weighted by Crippen LogP contribution is -2.46. The fourth-order valence-electron chi connectivity index (χ4n) is 2.96. The fraction of sp³-hybridized carbons (Fsp3) is 0.222. The molecule has 3 aromatic rings. The van der Waals surface area contributed by atoms with E-state index in [1.807, 2.05) is 0 Å². The molecule has 0 aliphatic carbocycles. The highest BCUT2D eigenvalue weighted by Crippen LogP contribution is 2.50. The molecular weight excluding hydrogens is 450 g/mol. The summed E-state index contributed by atoms with van der Waals surface area (Å²) in [7, 11) is 0. The van der Waals surface area contributed by atoms with Crippen LogP contribution in [0.1, 0.15) is 34.6 Å². The number of halogens is 5. The predicted octanol–water partition coefficient (Wildman–Crippen LogP) is 4.69. The Kier molecular flexibility index (Phi) is 5.76. The van der Waals surface area contributed by atoms with Crippen molar-refractivity contribution in [1.82, 2.24) is 15.1 Å². The molecule has 2 atom stereocenters. The van der Waals surface area contributed by atoms with Crippen LogP contribution in [0.5, 0.6) is 0 Å². The molecule has 12 heteroatoms. The molecule has 0 aliphatic heterocycles. The smallest absolute Gasteiger partial charge is 0.422 e. The summed E-state index contributed by atoms with van der Waals surface area (Å²) in [4.78, 5) is 18.2. The average Bonchev–Trinajstić information content (AvgIpc) is 3.16. The minimum atomic E-state index is -5.07. The van der Waals surface area contributed by atoms with Gasteiger partial charge in [0.2, 0.25) is 0 Å². The van der Waals surface area contributed by atoms with Crippen LogP contribution in [0.2, 0.25) is 10.2 Å². The number of alkyl halides is 3. The molecule has 0 spiro atoms. The van der Waals surface area contributed by atoms with Gasteiger partial charge in [-0.25, -0.2) is 9.78 Å². The Balaban J connectivity index is 2.05. The average molecular weight is 462 g/mol. The fourth-order valence-corrected chi connectivity index (χ4v) is 3.48. The molecule has 2 heterocycles. The Hall–Kier alpha value is -2.69. The number of aromatic carboxylic acids is 1. The lowest BCUT2D eigenvalue weighted by atomic mass is 9.78. The number of benzene rings is 1. The second-order valence-corrected chi connectivity index (χ2v) is 7.11. The first-order valence-corrected chi connectivity index (χ1v) is 8.98. The summed E-state index contributed by atoms with van der Waals surface area (Å²) in [5.41, 5.74) is -3.64. The maximum Gasteiger partial charge on any atom is 0.422 e. The van der Waals surface area contributed by atoms with Crippen LogP contribution in [0.4, 0.5) is 13.2 Å². The molecule has 1 aromatic carbocycles. The van der Waals surface area contributed by atoms with E-state index in [1.165, 1.54) is 18.2 Å². The van der Waals surface area contributed by atoms with Crippen LogP contribution in [0.25, 0.3) is 11.5 Å². The van der Waals surface area contributed by atoms with Crippen molar-refractivity contribution in [2.45, 2.75) is 24.6 Å². The molecule has 2 aromatic heterocycles. The molecule has 30 heavy (non-hydrogen) atoms. The summed E-state index contributed by atoms with van der Waals surface area (Å²) in [6.45, 7) is 1.16. The van der Waals surface area contributed by atoms with Crippen molar-refractivity contribution in [3.05, 3.63) is 63.7 Å². The summed E-state index contributed by atoms with van der Waals surface area (Å²) in [5.74, 6) is -3.72. The highest BCUT2D eigenvalue weighted by molar-refractivity contribution is 6.31. The van der Waals surface area contributed by atoms with Gasteiger partial charge in [-0.05, 0) is 40.5 Å². The van der Waals surface area contributed by atoms with Crippen molar-refractivity contribution < 1.29 is 32.7 Å². The summed E-state index contributed by atoms with van der Waals surface area (Å²) in [6.07, 6.45) is -4.01. The lowest BCUT2D eigenvalue weighted by Gasteiger charge is -2.37. The molecule has 2 N–H and O–H groups in total. The van der Waals surface area contributed by atoms with Crippen molar-refractivity contribution >= 4 is 29.2 Å². The van der Waals surface area contributed by atoms with Crippen LogP contribution in [0.15, 0.2) is 41.1 Å². The molecular formula is C18H12Cl2F3N3O4. The van der Waals surface area contributed by atoms with E-state index in [4.69, 9.17) is 32.8 Å². The molecule has 0 bridgehead atoms. The first-order valence-electron chi connectivity index (χ1n) is 8.23. The quantitative estimate of drug-likeness (QED) is 0.530. The molecule has 3 rings (SSSR count). The van der Waals surface area contributed by atoms with E-state index in [0.29, 0.717) is 0 Å². The number of carboxylic acids is 1. The van der Waals surface area contributed by atoms with Crippen molar-refractivity contribution in [1.29, 1.82) is 0 Å². The zero-order valence-corrected chi connectivity index (χ0v) is 16.5. The van der Waals surface area contributed by atoms with Crippen LogP contribution in [-0.4, -0.2) is 37.5 Å². The third-order valence-corrected chi connectivity index (χ3v) is 5.09. The summed E-state index contributed by atoms with van der Waals surface area (Å²) < 4.78 is 46.7. The number of aliphatic hydroxyl groups is 1. The van der Waals surface area contributed by atoms with Gasteiger partial charge in [0.25, 0.3) is 11.7 Å². The first kappa shape index (κ1) is 22.0. The number of hydrogen-bond donors (Lipinski definition) is 2. The molecule has 0 saturated heterocycles. The molecule has 0 saturated carbocycles. The zero-order valence-electron chi connectivity index (χ0n) is 15.0. The molecule has 0 unspecified atom stereocenters. The Morgan fingerprint density at radius 3 is 2.43 bits per heavy atom. The molecule has 0 amide bonds. The van der Waals surface area contributed by atoms with E-state index >= 15 is 0 Å². The number of nitrogens with zero attached hydrogens (tertiary/aromatic N) is 3. The van der Waals surface area contributed by atoms with Crippen molar-refractivity contribution in [3.8, 4) is 11.5 Å². The van der Waals surface area contributed by atoms with Gasteiger partial charge in [-0.1, -0.05) is 36.2 Å². The number of carboxylic acid groups (broad SMARTS) is 1. The third kappa shape index (κ3) is 3.85. The maximum atomic E-state index is 14.0. The zero-order chi connectivity index (χ0) is 22.3. The Bertz CT molecular complexity index is 1110. The Labute approximate surface area is 177 Å². The van der Waals surface area contributed by atoms with Gasteiger partial charge < -0.3 is 14.7 Å². The van der Waals surface area contributed by atoms with Crippen molar-refractivity contribution in [2.24, 2.45) is 0 Å². The number of aromatic nitrogens is 3. The van der Waals surface area contributed by atoms with Crippen molar-refractivity contribution in [3.63, 3.8) is 0 Å². The predicted molar refractivity (Wildman–Crippen MR) is 99.3 cm³/mol. The highest BCUT2D eigenvalue weighted by Gasteiger charge is 2.59. The number of hydrogen-bond acceptors (Lipinski definition) is 6.